The molecule has 0 aliphatic rings. The molecule has 0 unspecified atom stereocenters. The maximum atomic E-state index is 10.5. The summed E-state index contributed by atoms with van der Waals surface area (Å²) in [5.41, 5.74) is 6.48. The molecule has 0 fully saturated rings. The average molecular weight is 224 g/mol. The number of likely N-dealkylation sites (N-methyl/N-ethyl adjacent to an activating group) is 1. The number of nitrogens with zero attached hydrogens (tertiary/aromatic N) is 2. The van der Waals surface area contributed by atoms with E-state index in [2.05, 4.69) is 5.32 Å². The zero-order chi connectivity index (χ0) is 12.1. The minimum atomic E-state index is -0.487. The smallest absolute Gasteiger partial charge is 0.292 e. The maximum absolute atomic E-state index is 10.5. The van der Waals surface area contributed by atoms with Crippen LogP contribution in [0, 0.1) is 10.1 Å². The largest absolute Gasteiger partial charge is 0.393 e. The van der Waals surface area contributed by atoms with Crippen LogP contribution in [-0.2, 0) is 0 Å². The van der Waals surface area contributed by atoms with Crippen molar-refractivity contribution in [1.82, 2.24) is 4.90 Å². The first-order valence-corrected chi connectivity index (χ1v) is 4.93. The van der Waals surface area contributed by atoms with E-state index in [0.717, 1.165) is 18.8 Å². The van der Waals surface area contributed by atoms with Crippen molar-refractivity contribution < 1.29 is 4.92 Å². The predicted molar refractivity (Wildman–Crippen MR) is 64.6 cm³/mol. The third-order valence-corrected chi connectivity index (χ3v) is 2.11. The summed E-state index contributed by atoms with van der Waals surface area (Å²) in [6.07, 6.45) is 0. The second kappa shape index (κ2) is 5.32. The summed E-state index contributed by atoms with van der Waals surface area (Å²) in [4.78, 5) is 12.1. The predicted octanol–water partition coefficient (Wildman–Crippen LogP) is 1.15. The Hall–Kier alpha value is -1.82. The quantitative estimate of drug-likeness (QED) is 0.445. The van der Waals surface area contributed by atoms with Gasteiger partial charge in [0.2, 0.25) is 0 Å². The number of anilines is 2. The molecule has 0 amide bonds. The Kier molecular flexibility index (Phi) is 4.07. The van der Waals surface area contributed by atoms with Crippen LogP contribution >= 0.6 is 0 Å². The lowest BCUT2D eigenvalue weighted by atomic mass is 10.2. The van der Waals surface area contributed by atoms with Gasteiger partial charge in [0.1, 0.15) is 5.69 Å². The Bertz CT molecular complexity index is 379. The van der Waals surface area contributed by atoms with Crippen molar-refractivity contribution in [3.8, 4) is 0 Å². The van der Waals surface area contributed by atoms with Gasteiger partial charge in [-0.15, -0.1) is 0 Å². The van der Waals surface area contributed by atoms with Gasteiger partial charge in [0.25, 0.3) is 5.69 Å². The van der Waals surface area contributed by atoms with E-state index in [0.29, 0.717) is 0 Å². The van der Waals surface area contributed by atoms with Crippen molar-refractivity contribution in [2.45, 2.75) is 0 Å². The van der Waals surface area contributed by atoms with Crippen LogP contribution < -0.4 is 11.1 Å². The molecule has 0 saturated carbocycles. The lowest BCUT2D eigenvalue weighted by molar-refractivity contribution is -0.383. The fourth-order valence-electron chi connectivity index (χ4n) is 1.25. The van der Waals surface area contributed by atoms with Crippen LogP contribution in [-0.4, -0.2) is 37.0 Å². The van der Waals surface area contributed by atoms with Crippen molar-refractivity contribution in [3.63, 3.8) is 0 Å². The highest BCUT2D eigenvalue weighted by Gasteiger charge is 2.10. The van der Waals surface area contributed by atoms with E-state index < -0.39 is 4.92 Å². The van der Waals surface area contributed by atoms with Gasteiger partial charge in [0.15, 0.2) is 0 Å². The van der Waals surface area contributed by atoms with Crippen LogP contribution in [0.2, 0.25) is 0 Å². The monoisotopic (exact) mass is 224 g/mol. The number of benzene rings is 1. The molecule has 0 aliphatic heterocycles. The molecule has 1 aromatic carbocycles. The third kappa shape index (κ3) is 3.39. The van der Waals surface area contributed by atoms with Gasteiger partial charge in [-0.3, -0.25) is 10.1 Å². The van der Waals surface area contributed by atoms with Crippen LogP contribution in [0.1, 0.15) is 0 Å². The summed E-state index contributed by atoms with van der Waals surface area (Å²) in [5.74, 6) is 0. The number of hydrogen-bond acceptors (Lipinski definition) is 5. The van der Waals surface area contributed by atoms with Gasteiger partial charge in [-0.25, -0.2) is 0 Å². The van der Waals surface area contributed by atoms with Crippen molar-refractivity contribution in [1.29, 1.82) is 0 Å². The molecule has 6 nitrogen and oxygen atoms in total. The highest BCUT2D eigenvalue weighted by atomic mass is 16.6. The van der Waals surface area contributed by atoms with Gasteiger partial charge in [0, 0.05) is 24.8 Å². The first-order valence-electron chi connectivity index (χ1n) is 4.93. The van der Waals surface area contributed by atoms with E-state index in [4.69, 9.17) is 5.73 Å². The minimum absolute atomic E-state index is 0.0573. The normalized spacial score (nSPS) is 10.4. The highest BCUT2D eigenvalue weighted by Crippen LogP contribution is 2.24. The lowest BCUT2D eigenvalue weighted by Gasteiger charge is -2.11. The summed E-state index contributed by atoms with van der Waals surface area (Å²) in [6, 6.07) is 4.64. The van der Waals surface area contributed by atoms with E-state index in [1.54, 1.807) is 12.1 Å². The SMILES string of the molecule is CN(C)CCNc1ccc([N+](=O)[O-])c(N)c1. The van der Waals surface area contributed by atoms with E-state index in [9.17, 15) is 10.1 Å². The molecule has 0 atom stereocenters. The molecule has 6 heteroatoms. The molecule has 16 heavy (non-hydrogen) atoms. The lowest BCUT2D eigenvalue weighted by Crippen LogP contribution is -2.20. The van der Waals surface area contributed by atoms with Crippen LogP contribution in [0.25, 0.3) is 0 Å². The molecule has 0 aromatic heterocycles. The van der Waals surface area contributed by atoms with E-state index in [1.807, 2.05) is 19.0 Å². The molecule has 0 bridgehead atoms. The fraction of sp³-hybridized carbons (Fsp3) is 0.400. The summed E-state index contributed by atoms with van der Waals surface area (Å²) in [7, 11) is 3.96. The van der Waals surface area contributed by atoms with E-state index >= 15 is 0 Å². The third-order valence-electron chi connectivity index (χ3n) is 2.11. The van der Waals surface area contributed by atoms with Crippen molar-refractivity contribution in [2.24, 2.45) is 0 Å². The van der Waals surface area contributed by atoms with Gasteiger partial charge in [-0.1, -0.05) is 0 Å². The Morgan fingerprint density at radius 2 is 2.19 bits per heavy atom. The summed E-state index contributed by atoms with van der Waals surface area (Å²) < 4.78 is 0. The summed E-state index contributed by atoms with van der Waals surface area (Å²) in [6.45, 7) is 1.65. The molecular formula is C10H16N4O2. The van der Waals surface area contributed by atoms with Crippen molar-refractivity contribution >= 4 is 17.1 Å². The molecule has 0 radical (unpaired) electrons. The molecule has 1 aromatic rings. The fourth-order valence-corrected chi connectivity index (χ4v) is 1.25. The van der Waals surface area contributed by atoms with Crippen LogP contribution in [0.3, 0.4) is 0 Å². The van der Waals surface area contributed by atoms with Gasteiger partial charge in [0.05, 0.1) is 4.92 Å². The topological polar surface area (TPSA) is 84.4 Å². The number of nitrogens with two attached hydrogens (primary N) is 1. The van der Waals surface area contributed by atoms with E-state index in [-0.39, 0.29) is 11.4 Å². The standard InChI is InChI=1S/C10H16N4O2/c1-13(2)6-5-12-8-3-4-10(14(15)16)9(11)7-8/h3-4,7,12H,5-6,11H2,1-2H3. The number of hydrogen-bond donors (Lipinski definition) is 2. The molecule has 0 spiro atoms. The van der Waals surface area contributed by atoms with E-state index in [1.165, 1.54) is 6.07 Å². The number of nitro groups is 1. The molecular weight excluding hydrogens is 208 g/mol. The first-order chi connectivity index (χ1) is 7.50. The molecule has 3 N–H and O–H groups in total. The Morgan fingerprint density at radius 3 is 2.69 bits per heavy atom. The van der Waals surface area contributed by atoms with Crippen molar-refractivity contribution in [3.05, 3.63) is 28.3 Å². The molecule has 0 saturated heterocycles. The summed E-state index contributed by atoms with van der Waals surface area (Å²) in [5, 5.41) is 13.7. The van der Waals surface area contributed by atoms with Gasteiger partial charge < -0.3 is 16.0 Å². The van der Waals surface area contributed by atoms with Gasteiger partial charge >= 0.3 is 0 Å². The number of nitro benzene ring substituents is 1. The number of nitrogen functional groups attached to an aromatic ring is 1. The number of rotatable bonds is 5. The van der Waals surface area contributed by atoms with Gasteiger partial charge in [-0.05, 0) is 26.2 Å². The first kappa shape index (κ1) is 12.3. The molecule has 88 valence electrons. The zero-order valence-electron chi connectivity index (χ0n) is 9.43. The van der Waals surface area contributed by atoms with Crippen LogP contribution in [0.15, 0.2) is 18.2 Å². The van der Waals surface area contributed by atoms with Gasteiger partial charge in [-0.2, -0.15) is 0 Å². The summed E-state index contributed by atoms with van der Waals surface area (Å²) >= 11 is 0. The Balaban J connectivity index is 2.63. The molecule has 0 heterocycles. The second-order valence-corrected chi connectivity index (χ2v) is 3.76. The maximum Gasteiger partial charge on any atom is 0.292 e. The Morgan fingerprint density at radius 1 is 1.50 bits per heavy atom. The number of nitrogens with one attached hydrogen (secondary N) is 1. The minimum Gasteiger partial charge on any atom is -0.393 e. The van der Waals surface area contributed by atoms with Crippen LogP contribution in [0.5, 0.6) is 0 Å². The highest BCUT2D eigenvalue weighted by molar-refractivity contribution is 5.65. The van der Waals surface area contributed by atoms with Crippen molar-refractivity contribution in [2.75, 3.05) is 38.2 Å². The average Bonchev–Trinajstić information content (AvgIpc) is 2.16. The molecule has 1 rings (SSSR count). The molecule has 0 aliphatic carbocycles. The Labute approximate surface area is 94.2 Å². The van der Waals surface area contributed by atoms with Crippen LogP contribution in [0.4, 0.5) is 17.1 Å². The zero-order valence-corrected chi connectivity index (χ0v) is 9.43. The second-order valence-electron chi connectivity index (χ2n) is 3.76.